The van der Waals surface area contributed by atoms with Crippen molar-refractivity contribution in [2.45, 2.75) is 44.7 Å². The van der Waals surface area contributed by atoms with E-state index in [0.717, 1.165) is 36.0 Å². The van der Waals surface area contributed by atoms with Gasteiger partial charge >= 0.3 is 0 Å². The van der Waals surface area contributed by atoms with Crippen molar-refractivity contribution in [1.29, 1.82) is 0 Å². The van der Waals surface area contributed by atoms with Crippen molar-refractivity contribution in [3.8, 4) is 0 Å². The van der Waals surface area contributed by atoms with Crippen molar-refractivity contribution in [2.24, 2.45) is 0 Å². The molecule has 1 aliphatic heterocycles. The van der Waals surface area contributed by atoms with Crippen molar-refractivity contribution in [1.82, 2.24) is 25.0 Å². The molecule has 0 aliphatic carbocycles. The number of pyridine rings is 1. The van der Waals surface area contributed by atoms with E-state index in [1.807, 2.05) is 24.3 Å². The van der Waals surface area contributed by atoms with Crippen LogP contribution in [0.4, 0.5) is 8.78 Å². The molecule has 2 aromatic heterocycles. The molecule has 3 aromatic rings. The van der Waals surface area contributed by atoms with Gasteiger partial charge in [-0.1, -0.05) is 23.7 Å². The second-order valence-electron chi connectivity index (χ2n) is 8.44. The smallest absolute Gasteiger partial charge is 0.274 e. The first-order chi connectivity index (χ1) is 16.4. The zero-order chi connectivity index (χ0) is 24.1. The van der Waals surface area contributed by atoms with Gasteiger partial charge in [-0.2, -0.15) is 5.10 Å². The van der Waals surface area contributed by atoms with Crippen LogP contribution in [-0.4, -0.2) is 57.7 Å². The molecule has 1 aromatic carbocycles. The zero-order valence-corrected chi connectivity index (χ0v) is 19.3. The van der Waals surface area contributed by atoms with Gasteiger partial charge in [0.2, 0.25) is 5.91 Å². The molecule has 10 heteroatoms. The van der Waals surface area contributed by atoms with E-state index in [0.29, 0.717) is 29.9 Å². The predicted octanol–water partition coefficient (Wildman–Crippen LogP) is 3.27. The minimum Gasteiger partial charge on any atom is -0.350 e. The Morgan fingerprint density at radius 1 is 1.21 bits per heavy atom. The van der Waals surface area contributed by atoms with Crippen molar-refractivity contribution in [3.63, 3.8) is 0 Å². The highest BCUT2D eigenvalue weighted by molar-refractivity contribution is 6.30. The summed E-state index contributed by atoms with van der Waals surface area (Å²) in [4.78, 5) is 31.4. The zero-order valence-electron chi connectivity index (χ0n) is 18.6. The highest BCUT2D eigenvalue weighted by Gasteiger charge is 2.26. The number of amides is 1. The van der Waals surface area contributed by atoms with E-state index in [-0.39, 0.29) is 18.0 Å². The number of aromatic nitrogens is 3. The molecule has 1 aliphatic rings. The van der Waals surface area contributed by atoms with Crippen LogP contribution in [0.3, 0.4) is 0 Å². The van der Waals surface area contributed by atoms with Crippen molar-refractivity contribution in [2.75, 3.05) is 19.6 Å². The van der Waals surface area contributed by atoms with Crippen molar-refractivity contribution >= 4 is 28.3 Å². The fraction of sp³-hybridized carbons (Fsp3) is 0.417. The average molecular weight is 490 g/mol. The average Bonchev–Trinajstić information content (AvgIpc) is 3.27. The third-order valence-electron chi connectivity index (χ3n) is 6.09. The maximum Gasteiger partial charge on any atom is 0.274 e. The Bertz CT molecular complexity index is 1200. The molecule has 34 heavy (non-hydrogen) atoms. The molecule has 1 atom stereocenters. The highest BCUT2D eigenvalue weighted by Crippen LogP contribution is 2.21. The molecule has 1 amide bonds. The molecule has 0 bridgehead atoms. The number of alkyl halides is 2. The SMILES string of the molecule is O=C(CCN1CCC[C@@H]1Cn1nc(Cc2ccc(Cl)cc2)c2cnccc2c1=O)NCC(F)F. The van der Waals surface area contributed by atoms with E-state index >= 15 is 0 Å². The summed E-state index contributed by atoms with van der Waals surface area (Å²) >= 11 is 6.01. The highest BCUT2D eigenvalue weighted by atomic mass is 35.5. The van der Waals surface area contributed by atoms with E-state index in [2.05, 4.69) is 15.2 Å². The van der Waals surface area contributed by atoms with Gasteiger partial charge in [-0.05, 0) is 43.1 Å². The Morgan fingerprint density at radius 3 is 2.76 bits per heavy atom. The topological polar surface area (TPSA) is 80.1 Å². The van der Waals surface area contributed by atoms with Crippen molar-refractivity contribution < 1.29 is 13.6 Å². The Morgan fingerprint density at radius 2 is 2.00 bits per heavy atom. The number of halogens is 3. The number of hydrogen-bond donors (Lipinski definition) is 1. The Balaban J connectivity index is 1.53. The largest absolute Gasteiger partial charge is 0.350 e. The first-order valence-corrected chi connectivity index (χ1v) is 11.7. The standard InChI is InChI=1S/C24H26ClF2N5O2/c25-17-5-3-16(4-6-17)12-21-20-13-28-9-7-19(20)24(34)32(30-21)15-18-2-1-10-31(18)11-8-23(33)29-14-22(26)27/h3-7,9,13,18,22H,1-2,8,10-12,14-15H2,(H,29,33)/t18-/m1/s1. The van der Waals surface area contributed by atoms with Crippen LogP contribution in [-0.2, 0) is 17.8 Å². The summed E-state index contributed by atoms with van der Waals surface area (Å²) in [6, 6.07) is 9.25. The molecule has 180 valence electrons. The lowest BCUT2D eigenvalue weighted by molar-refractivity contribution is -0.122. The van der Waals surface area contributed by atoms with Crippen LogP contribution < -0.4 is 10.9 Å². The maximum absolute atomic E-state index is 13.2. The number of carbonyl (C=O) groups is 1. The Labute approximate surface area is 200 Å². The van der Waals surface area contributed by atoms with Crippen LogP contribution in [0.25, 0.3) is 10.8 Å². The minimum absolute atomic E-state index is 0.0377. The summed E-state index contributed by atoms with van der Waals surface area (Å²) in [6.45, 7) is 0.994. The molecular weight excluding hydrogens is 464 g/mol. The summed E-state index contributed by atoms with van der Waals surface area (Å²) in [5.41, 5.74) is 1.59. The molecule has 0 radical (unpaired) electrons. The Kier molecular flexibility index (Phi) is 7.84. The lowest BCUT2D eigenvalue weighted by Crippen LogP contribution is -2.39. The summed E-state index contributed by atoms with van der Waals surface area (Å²) in [7, 11) is 0. The molecular formula is C24H26ClF2N5O2. The van der Waals surface area contributed by atoms with E-state index in [1.54, 1.807) is 18.5 Å². The molecule has 1 N–H and O–H groups in total. The molecule has 0 spiro atoms. The lowest BCUT2D eigenvalue weighted by atomic mass is 10.1. The van der Waals surface area contributed by atoms with E-state index in [4.69, 9.17) is 16.7 Å². The van der Waals surface area contributed by atoms with Crippen LogP contribution in [0.2, 0.25) is 5.02 Å². The minimum atomic E-state index is -2.56. The molecule has 0 saturated carbocycles. The summed E-state index contributed by atoms with van der Waals surface area (Å²) in [6.07, 6.45) is 3.17. The van der Waals surface area contributed by atoms with Gasteiger partial charge in [0.1, 0.15) is 0 Å². The first kappa shape index (κ1) is 24.2. The molecule has 0 unspecified atom stereocenters. The number of benzene rings is 1. The third-order valence-corrected chi connectivity index (χ3v) is 6.34. The number of rotatable bonds is 9. The number of fused-ring (bicyclic) bond motifs is 1. The Hall–Kier alpha value is -2.91. The van der Waals surface area contributed by atoms with Gasteiger partial charge in [0.15, 0.2) is 0 Å². The second kappa shape index (κ2) is 11.0. The normalized spacial score (nSPS) is 16.4. The number of carbonyl (C=O) groups excluding carboxylic acids is 1. The lowest BCUT2D eigenvalue weighted by Gasteiger charge is -2.24. The summed E-state index contributed by atoms with van der Waals surface area (Å²) in [5.74, 6) is -0.398. The number of hydrogen-bond acceptors (Lipinski definition) is 5. The first-order valence-electron chi connectivity index (χ1n) is 11.3. The van der Waals surface area contributed by atoms with Gasteiger partial charge in [-0.25, -0.2) is 13.5 Å². The van der Waals surface area contributed by atoms with Gasteiger partial charge in [0, 0.05) is 48.2 Å². The fourth-order valence-electron chi connectivity index (χ4n) is 4.37. The molecule has 1 saturated heterocycles. The van der Waals surface area contributed by atoms with E-state index in [9.17, 15) is 18.4 Å². The van der Waals surface area contributed by atoms with Gasteiger partial charge in [-0.3, -0.25) is 19.5 Å². The van der Waals surface area contributed by atoms with Crippen LogP contribution in [0, 0.1) is 0 Å². The third kappa shape index (κ3) is 5.95. The van der Waals surface area contributed by atoms with Crippen LogP contribution in [0.5, 0.6) is 0 Å². The number of nitrogens with one attached hydrogen (secondary N) is 1. The van der Waals surface area contributed by atoms with Gasteiger partial charge in [0.05, 0.1) is 24.2 Å². The summed E-state index contributed by atoms with van der Waals surface area (Å²) in [5, 5.41) is 8.87. The van der Waals surface area contributed by atoms with Crippen LogP contribution in [0.1, 0.15) is 30.5 Å². The molecule has 1 fully saturated rings. The maximum atomic E-state index is 13.2. The van der Waals surface area contributed by atoms with E-state index < -0.39 is 18.9 Å². The monoisotopic (exact) mass is 489 g/mol. The fourth-order valence-corrected chi connectivity index (χ4v) is 4.49. The van der Waals surface area contributed by atoms with E-state index in [1.165, 1.54) is 4.68 Å². The quantitative estimate of drug-likeness (QED) is 0.499. The van der Waals surface area contributed by atoms with Gasteiger partial charge < -0.3 is 5.32 Å². The predicted molar refractivity (Wildman–Crippen MR) is 126 cm³/mol. The van der Waals surface area contributed by atoms with Crippen LogP contribution >= 0.6 is 11.6 Å². The number of likely N-dealkylation sites (tertiary alicyclic amines) is 1. The van der Waals surface area contributed by atoms with Crippen LogP contribution in [0.15, 0.2) is 47.5 Å². The molecule has 7 nitrogen and oxygen atoms in total. The molecule has 4 rings (SSSR count). The van der Waals surface area contributed by atoms with Gasteiger partial charge in [-0.15, -0.1) is 0 Å². The second-order valence-corrected chi connectivity index (χ2v) is 8.87. The van der Waals surface area contributed by atoms with Gasteiger partial charge in [0.25, 0.3) is 12.0 Å². The van der Waals surface area contributed by atoms with Crippen molar-refractivity contribution in [3.05, 3.63) is 69.4 Å². The number of nitrogens with zero attached hydrogens (tertiary/aromatic N) is 4. The molecule has 3 heterocycles. The summed E-state index contributed by atoms with van der Waals surface area (Å²) < 4.78 is 26.1.